The van der Waals surface area contributed by atoms with Crippen molar-refractivity contribution in [2.45, 2.75) is 24.8 Å². The molecule has 0 spiro atoms. The minimum absolute atomic E-state index is 0.0916. The number of nitrogens with one attached hydrogen (secondary N) is 2. The Hall–Kier alpha value is -0.620. The molecule has 0 amide bonds. The smallest absolute Gasteiger partial charge is 0.240 e. The molecule has 1 aromatic rings. The minimum Gasteiger partial charge on any atom is -0.313 e. The predicted molar refractivity (Wildman–Crippen MR) is 69.8 cm³/mol. The average molecular weight is 277 g/mol. The van der Waals surface area contributed by atoms with Crippen LogP contribution in [0.5, 0.6) is 0 Å². The number of hydrogen-bond donors (Lipinski definition) is 2. The largest absolute Gasteiger partial charge is 0.313 e. The highest BCUT2D eigenvalue weighted by Gasteiger charge is 2.14. The van der Waals surface area contributed by atoms with Gasteiger partial charge in [-0.1, -0.05) is 24.6 Å². The Labute approximate surface area is 107 Å². The van der Waals surface area contributed by atoms with Crippen LogP contribution in [0.25, 0.3) is 0 Å². The highest BCUT2D eigenvalue weighted by molar-refractivity contribution is 7.89. The molecule has 1 atom stereocenters. The fourth-order valence-electron chi connectivity index (χ4n) is 1.37. The van der Waals surface area contributed by atoms with Gasteiger partial charge in [0.15, 0.2) is 0 Å². The zero-order valence-corrected chi connectivity index (χ0v) is 11.5. The van der Waals surface area contributed by atoms with Gasteiger partial charge >= 0.3 is 0 Å². The van der Waals surface area contributed by atoms with Crippen molar-refractivity contribution in [2.75, 3.05) is 13.1 Å². The maximum atomic E-state index is 11.9. The first-order valence-electron chi connectivity index (χ1n) is 5.44. The third-order valence-electron chi connectivity index (χ3n) is 2.24. The second-order valence-corrected chi connectivity index (χ2v) is 5.97. The molecule has 0 heterocycles. The van der Waals surface area contributed by atoms with Crippen molar-refractivity contribution >= 4 is 21.6 Å². The van der Waals surface area contributed by atoms with Gasteiger partial charge in [-0.15, -0.1) is 0 Å². The van der Waals surface area contributed by atoms with Gasteiger partial charge in [0, 0.05) is 17.6 Å². The van der Waals surface area contributed by atoms with Crippen molar-refractivity contribution in [1.29, 1.82) is 0 Å². The summed E-state index contributed by atoms with van der Waals surface area (Å²) in [6, 6.07) is 6.30. The molecular formula is C11H17ClN2O2S. The second-order valence-electron chi connectivity index (χ2n) is 3.77. The molecule has 0 saturated heterocycles. The number of rotatable bonds is 6. The van der Waals surface area contributed by atoms with Crippen molar-refractivity contribution in [3.63, 3.8) is 0 Å². The second kappa shape index (κ2) is 6.35. The normalized spacial score (nSPS) is 13.6. The van der Waals surface area contributed by atoms with E-state index in [1.807, 2.05) is 13.8 Å². The summed E-state index contributed by atoms with van der Waals surface area (Å²) in [4.78, 5) is 0.189. The van der Waals surface area contributed by atoms with Crippen LogP contribution < -0.4 is 10.0 Å². The summed E-state index contributed by atoms with van der Waals surface area (Å²) in [7, 11) is -3.47. The van der Waals surface area contributed by atoms with Gasteiger partial charge in [0.2, 0.25) is 10.0 Å². The van der Waals surface area contributed by atoms with Gasteiger partial charge in [-0.05, 0) is 31.7 Å². The van der Waals surface area contributed by atoms with Crippen molar-refractivity contribution in [2.24, 2.45) is 0 Å². The van der Waals surface area contributed by atoms with Crippen LogP contribution in [0.15, 0.2) is 29.2 Å². The van der Waals surface area contributed by atoms with Gasteiger partial charge in [-0.3, -0.25) is 0 Å². The molecule has 0 radical (unpaired) electrons. The Morgan fingerprint density at radius 1 is 1.41 bits per heavy atom. The zero-order valence-electron chi connectivity index (χ0n) is 9.90. The Balaban J connectivity index is 2.69. The number of benzene rings is 1. The molecule has 0 aliphatic heterocycles. The third-order valence-corrected chi connectivity index (χ3v) is 3.89. The lowest BCUT2D eigenvalue weighted by atomic mass is 10.3. The minimum atomic E-state index is -3.47. The summed E-state index contributed by atoms with van der Waals surface area (Å²) >= 11 is 5.76. The van der Waals surface area contributed by atoms with Crippen molar-refractivity contribution in [1.82, 2.24) is 10.0 Å². The first kappa shape index (κ1) is 14.4. The summed E-state index contributed by atoms with van der Waals surface area (Å²) in [5.41, 5.74) is 0. The molecule has 0 aliphatic rings. The van der Waals surface area contributed by atoms with E-state index >= 15 is 0 Å². The standard InChI is InChI=1S/C11H17ClN2O2S/c1-3-13-9(2)8-14-17(15,16)11-6-4-5-10(12)7-11/h4-7,9,13-14H,3,8H2,1-2H3/t9-/m1/s1. The fourth-order valence-corrected chi connectivity index (χ4v) is 2.80. The van der Waals surface area contributed by atoms with Gasteiger partial charge < -0.3 is 5.32 Å². The van der Waals surface area contributed by atoms with Gasteiger partial charge in [0.25, 0.3) is 0 Å². The molecule has 0 fully saturated rings. The van der Waals surface area contributed by atoms with E-state index in [2.05, 4.69) is 10.0 Å². The van der Waals surface area contributed by atoms with E-state index in [9.17, 15) is 8.42 Å². The van der Waals surface area contributed by atoms with Gasteiger partial charge in [-0.25, -0.2) is 13.1 Å². The Bertz CT molecular complexity index is 462. The van der Waals surface area contributed by atoms with E-state index in [1.54, 1.807) is 12.1 Å². The molecule has 1 aromatic carbocycles. The van der Waals surface area contributed by atoms with Gasteiger partial charge in [-0.2, -0.15) is 0 Å². The molecule has 1 rings (SSSR count). The molecule has 4 nitrogen and oxygen atoms in total. The van der Waals surface area contributed by atoms with Crippen LogP contribution in [0.4, 0.5) is 0 Å². The van der Waals surface area contributed by atoms with E-state index in [4.69, 9.17) is 11.6 Å². The number of likely N-dealkylation sites (N-methyl/N-ethyl adjacent to an activating group) is 1. The molecule has 0 unspecified atom stereocenters. The maximum Gasteiger partial charge on any atom is 0.240 e. The van der Waals surface area contributed by atoms with Crippen molar-refractivity contribution < 1.29 is 8.42 Å². The highest BCUT2D eigenvalue weighted by Crippen LogP contribution is 2.14. The highest BCUT2D eigenvalue weighted by atomic mass is 35.5. The first-order chi connectivity index (χ1) is 7.95. The Morgan fingerprint density at radius 2 is 2.12 bits per heavy atom. The van der Waals surface area contributed by atoms with Gasteiger partial charge in [0.05, 0.1) is 4.90 Å². The molecule has 0 bridgehead atoms. The topological polar surface area (TPSA) is 58.2 Å². The van der Waals surface area contributed by atoms with Crippen LogP contribution in [0.1, 0.15) is 13.8 Å². The molecule has 96 valence electrons. The van der Waals surface area contributed by atoms with E-state index in [1.165, 1.54) is 12.1 Å². The van der Waals surface area contributed by atoms with Crippen LogP contribution >= 0.6 is 11.6 Å². The quantitative estimate of drug-likeness (QED) is 0.830. The van der Waals surface area contributed by atoms with Crippen LogP contribution in [0.3, 0.4) is 0 Å². The van der Waals surface area contributed by atoms with Gasteiger partial charge in [0.1, 0.15) is 0 Å². The lowest BCUT2D eigenvalue weighted by Crippen LogP contribution is -2.38. The van der Waals surface area contributed by atoms with Crippen LogP contribution in [0, 0.1) is 0 Å². The third kappa shape index (κ3) is 4.63. The Kier molecular flexibility index (Phi) is 5.39. The van der Waals surface area contributed by atoms with Crippen LogP contribution in [0.2, 0.25) is 5.02 Å². The lowest BCUT2D eigenvalue weighted by Gasteiger charge is -2.13. The molecule has 0 aliphatic carbocycles. The summed E-state index contributed by atoms with van der Waals surface area (Å²) in [5, 5.41) is 3.54. The lowest BCUT2D eigenvalue weighted by molar-refractivity contribution is 0.536. The number of sulfonamides is 1. The first-order valence-corrected chi connectivity index (χ1v) is 7.30. The Morgan fingerprint density at radius 3 is 2.71 bits per heavy atom. The van der Waals surface area contributed by atoms with Crippen molar-refractivity contribution in [3.05, 3.63) is 29.3 Å². The summed E-state index contributed by atoms with van der Waals surface area (Å²) in [6.07, 6.45) is 0. The predicted octanol–water partition coefficient (Wildman–Crippen LogP) is 1.62. The molecular weight excluding hydrogens is 260 g/mol. The molecule has 6 heteroatoms. The number of hydrogen-bond acceptors (Lipinski definition) is 3. The van der Waals surface area contributed by atoms with Crippen LogP contribution in [-0.2, 0) is 10.0 Å². The SMILES string of the molecule is CCN[C@H](C)CNS(=O)(=O)c1cccc(Cl)c1. The summed E-state index contributed by atoms with van der Waals surface area (Å²) < 4.78 is 26.3. The monoisotopic (exact) mass is 276 g/mol. The van der Waals surface area contributed by atoms with Crippen molar-refractivity contribution in [3.8, 4) is 0 Å². The fraction of sp³-hybridized carbons (Fsp3) is 0.455. The summed E-state index contributed by atoms with van der Waals surface area (Å²) in [5.74, 6) is 0. The van der Waals surface area contributed by atoms with E-state index in [0.29, 0.717) is 11.6 Å². The molecule has 0 aromatic heterocycles. The molecule has 2 N–H and O–H groups in total. The molecule has 0 saturated carbocycles. The van der Waals surface area contributed by atoms with Crippen LogP contribution in [-0.4, -0.2) is 27.5 Å². The average Bonchev–Trinajstić information content (AvgIpc) is 2.27. The van der Waals surface area contributed by atoms with E-state index in [0.717, 1.165) is 6.54 Å². The maximum absolute atomic E-state index is 11.9. The zero-order chi connectivity index (χ0) is 12.9. The summed E-state index contributed by atoms with van der Waals surface area (Å²) in [6.45, 7) is 5.05. The van der Waals surface area contributed by atoms with E-state index in [-0.39, 0.29) is 10.9 Å². The number of halogens is 1. The molecule has 17 heavy (non-hydrogen) atoms. The van der Waals surface area contributed by atoms with E-state index < -0.39 is 10.0 Å².